The van der Waals surface area contributed by atoms with E-state index >= 15 is 0 Å². The molecular weight excluding hydrogens is 140 g/mol. The Kier molecular flexibility index (Phi) is 2.76. The van der Waals surface area contributed by atoms with E-state index in [9.17, 15) is 4.79 Å². The zero-order valence-corrected chi connectivity index (χ0v) is 7.13. The quantitative estimate of drug-likeness (QED) is 0.575. The Morgan fingerprint density at radius 3 is 2.82 bits per heavy atom. The van der Waals surface area contributed by atoms with Gasteiger partial charge in [0.1, 0.15) is 5.78 Å². The molecule has 0 spiro atoms. The smallest absolute Gasteiger partial charge is 0.140 e. The number of ketones is 1. The summed E-state index contributed by atoms with van der Waals surface area (Å²) in [6, 6.07) is 0. The molecule has 0 N–H and O–H groups in total. The van der Waals surface area contributed by atoms with Gasteiger partial charge in [-0.15, -0.1) is 0 Å². The van der Waals surface area contributed by atoms with E-state index in [2.05, 4.69) is 4.99 Å². The Balaban J connectivity index is 2.45. The van der Waals surface area contributed by atoms with Crippen molar-refractivity contribution in [1.82, 2.24) is 4.90 Å². The van der Waals surface area contributed by atoms with Crippen molar-refractivity contribution < 1.29 is 4.79 Å². The van der Waals surface area contributed by atoms with Crippen molar-refractivity contribution in [3.05, 3.63) is 0 Å². The lowest BCUT2D eigenvalue weighted by Crippen LogP contribution is -2.26. The topological polar surface area (TPSA) is 32.7 Å². The van der Waals surface area contributed by atoms with Crippen LogP contribution in [0.5, 0.6) is 0 Å². The number of carbonyl (C=O) groups excluding carboxylic acids is 1. The van der Waals surface area contributed by atoms with Gasteiger partial charge in [-0.05, 0) is 14.1 Å². The summed E-state index contributed by atoms with van der Waals surface area (Å²) in [7, 11) is 3.98. The second-order valence-electron chi connectivity index (χ2n) is 3.15. The molecule has 11 heavy (non-hydrogen) atoms. The molecule has 3 nitrogen and oxygen atoms in total. The average Bonchev–Trinajstić information content (AvgIpc) is 1.85. The molecule has 1 rings (SSSR count). The summed E-state index contributed by atoms with van der Waals surface area (Å²) in [5.74, 6) is 0.330. The number of Topliss-reactive ketones (excluding diaryl/α,β-unsaturated/α-hetero) is 1. The van der Waals surface area contributed by atoms with Crippen molar-refractivity contribution in [2.24, 2.45) is 4.99 Å². The minimum atomic E-state index is 0.330. The summed E-state index contributed by atoms with van der Waals surface area (Å²) in [6.45, 7) is 1.52. The molecule has 0 bridgehead atoms. The minimum absolute atomic E-state index is 0.330. The van der Waals surface area contributed by atoms with Crippen LogP contribution in [0.2, 0.25) is 0 Å². The summed E-state index contributed by atoms with van der Waals surface area (Å²) < 4.78 is 0. The lowest BCUT2D eigenvalue weighted by Gasteiger charge is -2.14. The fraction of sp³-hybridized carbons (Fsp3) is 0.750. The van der Waals surface area contributed by atoms with Crippen molar-refractivity contribution in [1.29, 1.82) is 0 Å². The summed E-state index contributed by atoms with van der Waals surface area (Å²) in [6.07, 6.45) is 1.20. The standard InChI is InChI=1S/C8H14N2O/c1-10(2)6-7-5-8(11)3-4-9-7/h3-6H2,1-2H3. The van der Waals surface area contributed by atoms with Crippen LogP contribution in [0, 0.1) is 0 Å². The molecule has 1 aliphatic heterocycles. The Morgan fingerprint density at radius 2 is 2.27 bits per heavy atom. The van der Waals surface area contributed by atoms with E-state index in [1.807, 2.05) is 19.0 Å². The van der Waals surface area contributed by atoms with E-state index in [-0.39, 0.29) is 0 Å². The Bertz CT molecular complexity index is 185. The van der Waals surface area contributed by atoms with Gasteiger partial charge in [-0.1, -0.05) is 0 Å². The third kappa shape index (κ3) is 2.80. The monoisotopic (exact) mass is 154 g/mol. The van der Waals surface area contributed by atoms with E-state index < -0.39 is 0 Å². The van der Waals surface area contributed by atoms with E-state index in [0.717, 1.165) is 12.3 Å². The highest BCUT2D eigenvalue weighted by molar-refractivity contribution is 6.04. The maximum Gasteiger partial charge on any atom is 0.140 e. The van der Waals surface area contributed by atoms with Crippen LogP contribution in [0.1, 0.15) is 12.8 Å². The van der Waals surface area contributed by atoms with Crippen LogP contribution >= 0.6 is 0 Å². The number of hydrogen-bond donors (Lipinski definition) is 0. The van der Waals surface area contributed by atoms with Crippen LogP contribution in [0.4, 0.5) is 0 Å². The SMILES string of the molecule is CN(C)CC1=NCCC(=O)C1. The number of carbonyl (C=O) groups is 1. The van der Waals surface area contributed by atoms with E-state index in [4.69, 9.17) is 0 Å². The zero-order chi connectivity index (χ0) is 8.27. The second-order valence-corrected chi connectivity index (χ2v) is 3.15. The van der Waals surface area contributed by atoms with Gasteiger partial charge < -0.3 is 4.90 Å². The molecule has 0 aromatic carbocycles. The third-order valence-corrected chi connectivity index (χ3v) is 1.63. The number of aliphatic imine (C=N–C) groups is 1. The Morgan fingerprint density at radius 1 is 1.55 bits per heavy atom. The molecule has 0 fully saturated rings. The first-order valence-electron chi connectivity index (χ1n) is 3.87. The number of nitrogens with zero attached hydrogens (tertiary/aromatic N) is 2. The average molecular weight is 154 g/mol. The molecule has 0 amide bonds. The van der Waals surface area contributed by atoms with Crippen molar-refractivity contribution in [2.75, 3.05) is 27.2 Å². The van der Waals surface area contributed by atoms with Crippen LogP contribution in [-0.4, -0.2) is 43.6 Å². The first-order chi connectivity index (χ1) is 5.18. The third-order valence-electron chi connectivity index (χ3n) is 1.63. The normalized spacial score (nSPS) is 18.8. The van der Waals surface area contributed by atoms with E-state index in [1.54, 1.807) is 0 Å². The largest absolute Gasteiger partial charge is 0.304 e. The molecule has 0 aliphatic carbocycles. The summed E-state index contributed by atoms with van der Waals surface area (Å²) in [5.41, 5.74) is 1.03. The van der Waals surface area contributed by atoms with Gasteiger partial charge in [-0.25, -0.2) is 0 Å². The fourth-order valence-electron chi connectivity index (χ4n) is 1.18. The van der Waals surface area contributed by atoms with Crippen LogP contribution in [0.15, 0.2) is 4.99 Å². The molecule has 62 valence electrons. The second kappa shape index (κ2) is 3.62. The molecule has 0 saturated heterocycles. The van der Waals surface area contributed by atoms with Gasteiger partial charge in [-0.3, -0.25) is 9.79 Å². The molecule has 0 unspecified atom stereocenters. The molecule has 0 aromatic rings. The Labute approximate surface area is 67.1 Å². The zero-order valence-electron chi connectivity index (χ0n) is 7.13. The van der Waals surface area contributed by atoms with Gasteiger partial charge >= 0.3 is 0 Å². The van der Waals surface area contributed by atoms with E-state index in [1.165, 1.54) is 0 Å². The molecular formula is C8H14N2O. The molecule has 1 aliphatic rings. The van der Waals surface area contributed by atoms with Crippen LogP contribution in [-0.2, 0) is 4.79 Å². The first kappa shape index (κ1) is 8.40. The molecule has 0 aromatic heterocycles. The van der Waals surface area contributed by atoms with Gasteiger partial charge in [0.15, 0.2) is 0 Å². The molecule has 0 radical (unpaired) electrons. The van der Waals surface area contributed by atoms with E-state index in [0.29, 0.717) is 25.2 Å². The van der Waals surface area contributed by atoms with Crippen molar-refractivity contribution in [2.45, 2.75) is 12.8 Å². The summed E-state index contributed by atoms with van der Waals surface area (Å²) in [4.78, 5) is 17.3. The highest BCUT2D eigenvalue weighted by Crippen LogP contribution is 2.02. The lowest BCUT2D eigenvalue weighted by atomic mass is 10.1. The maximum atomic E-state index is 11.0. The van der Waals surface area contributed by atoms with Gasteiger partial charge in [0.2, 0.25) is 0 Å². The van der Waals surface area contributed by atoms with Gasteiger partial charge in [0, 0.05) is 31.6 Å². The molecule has 1 heterocycles. The predicted molar refractivity (Wildman–Crippen MR) is 45.1 cm³/mol. The number of rotatable bonds is 2. The van der Waals surface area contributed by atoms with Crippen LogP contribution < -0.4 is 0 Å². The molecule has 0 atom stereocenters. The predicted octanol–water partition coefficient (Wildman–Crippen LogP) is 0.352. The summed E-state index contributed by atoms with van der Waals surface area (Å²) in [5, 5.41) is 0. The number of hydrogen-bond acceptors (Lipinski definition) is 3. The van der Waals surface area contributed by atoms with Crippen molar-refractivity contribution in [3.63, 3.8) is 0 Å². The maximum absolute atomic E-state index is 11.0. The first-order valence-corrected chi connectivity index (χ1v) is 3.87. The van der Waals surface area contributed by atoms with Crippen molar-refractivity contribution in [3.8, 4) is 0 Å². The molecule has 3 heteroatoms. The fourth-order valence-corrected chi connectivity index (χ4v) is 1.18. The van der Waals surface area contributed by atoms with Gasteiger partial charge in [0.25, 0.3) is 0 Å². The highest BCUT2D eigenvalue weighted by atomic mass is 16.1. The van der Waals surface area contributed by atoms with Crippen LogP contribution in [0.3, 0.4) is 0 Å². The van der Waals surface area contributed by atoms with Gasteiger partial charge in [0.05, 0.1) is 0 Å². The minimum Gasteiger partial charge on any atom is -0.304 e. The Hall–Kier alpha value is -0.700. The van der Waals surface area contributed by atoms with Crippen LogP contribution in [0.25, 0.3) is 0 Å². The summed E-state index contributed by atoms with van der Waals surface area (Å²) >= 11 is 0. The highest BCUT2D eigenvalue weighted by Gasteiger charge is 2.12. The lowest BCUT2D eigenvalue weighted by molar-refractivity contribution is -0.118. The van der Waals surface area contributed by atoms with Crippen molar-refractivity contribution >= 4 is 11.5 Å². The molecule has 0 saturated carbocycles. The van der Waals surface area contributed by atoms with Gasteiger partial charge in [-0.2, -0.15) is 0 Å².